The molecule has 0 aliphatic carbocycles. The Balaban J connectivity index is 2.93. The number of phenols is 1. The zero-order valence-corrected chi connectivity index (χ0v) is 6.74. The fourth-order valence-corrected chi connectivity index (χ4v) is 0.925. The van der Waals surface area contributed by atoms with Gasteiger partial charge in [0.25, 0.3) is 0 Å². The van der Waals surface area contributed by atoms with Crippen molar-refractivity contribution in [2.45, 2.75) is 13.5 Å². The minimum absolute atomic E-state index is 0.175. The average Bonchev–Trinajstić information content (AvgIpc) is 2.03. The van der Waals surface area contributed by atoms with E-state index in [0.29, 0.717) is 5.56 Å². The van der Waals surface area contributed by atoms with Crippen molar-refractivity contribution < 1.29 is 9.90 Å². The SMILES string of the molecule is Cc1ccc(CN=C=O)c(O)c1. The normalized spacial score (nSPS) is 9.08. The summed E-state index contributed by atoms with van der Waals surface area (Å²) in [4.78, 5) is 13.2. The second-order valence-corrected chi connectivity index (χ2v) is 2.54. The summed E-state index contributed by atoms with van der Waals surface area (Å²) in [5.41, 5.74) is 1.62. The maximum absolute atomic E-state index is 9.78. The maximum atomic E-state index is 9.78. The predicted molar refractivity (Wildman–Crippen MR) is 44.7 cm³/mol. The number of isocyanates is 1. The van der Waals surface area contributed by atoms with Crippen molar-refractivity contribution >= 4 is 6.08 Å². The van der Waals surface area contributed by atoms with Gasteiger partial charge in [0.05, 0.1) is 6.54 Å². The summed E-state index contributed by atoms with van der Waals surface area (Å²) in [6.45, 7) is 2.07. The van der Waals surface area contributed by atoms with Crippen molar-refractivity contribution in [3.63, 3.8) is 0 Å². The molecule has 0 saturated heterocycles. The van der Waals surface area contributed by atoms with Crippen molar-refractivity contribution in [2.75, 3.05) is 0 Å². The van der Waals surface area contributed by atoms with Crippen LogP contribution in [-0.2, 0) is 11.3 Å². The summed E-state index contributed by atoms with van der Waals surface area (Å²) in [5.74, 6) is 0.175. The van der Waals surface area contributed by atoms with Gasteiger partial charge in [-0.05, 0) is 18.6 Å². The molecule has 0 radical (unpaired) electrons. The first-order valence-electron chi connectivity index (χ1n) is 3.56. The van der Waals surface area contributed by atoms with Crippen LogP contribution in [0.2, 0.25) is 0 Å². The largest absolute Gasteiger partial charge is 0.508 e. The van der Waals surface area contributed by atoms with Gasteiger partial charge in [-0.15, -0.1) is 0 Å². The topological polar surface area (TPSA) is 49.7 Å². The molecule has 1 aromatic carbocycles. The van der Waals surface area contributed by atoms with Gasteiger partial charge in [-0.1, -0.05) is 12.1 Å². The molecule has 0 unspecified atom stereocenters. The highest BCUT2D eigenvalue weighted by atomic mass is 16.3. The summed E-state index contributed by atoms with van der Waals surface area (Å²) in [6, 6.07) is 5.23. The molecule has 0 aliphatic rings. The molecule has 1 N–H and O–H groups in total. The molecule has 0 bridgehead atoms. The molecule has 0 saturated carbocycles. The quantitative estimate of drug-likeness (QED) is 0.531. The lowest BCUT2D eigenvalue weighted by atomic mass is 10.1. The lowest BCUT2D eigenvalue weighted by molar-refractivity contribution is 0.468. The van der Waals surface area contributed by atoms with Gasteiger partial charge in [0, 0.05) is 5.56 Å². The molecule has 0 spiro atoms. The molecular formula is C9H9NO2. The number of phenolic OH excluding ortho intramolecular Hbond substituents is 1. The predicted octanol–water partition coefficient (Wildman–Crippen LogP) is 1.54. The van der Waals surface area contributed by atoms with E-state index in [-0.39, 0.29) is 12.3 Å². The van der Waals surface area contributed by atoms with Gasteiger partial charge < -0.3 is 5.11 Å². The second kappa shape index (κ2) is 3.69. The fourth-order valence-electron chi connectivity index (χ4n) is 0.925. The molecule has 0 amide bonds. The van der Waals surface area contributed by atoms with Gasteiger partial charge in [-0.2, -0.15) is 0 Å². The minimum Gasteiger partial charge on any atom is -0.508 e. The zero-order chi connectivity index (χ0) is 8.97. The van der Waals surface area contributed by atoms with Gasteiger partial charge >= 0.3 is 0 Å². The van der Waals surface area contributed by atoms with E-state index >= 15 is 0 Å². The van der Waals surface area contributed by atoms with Gasteiger partial charge in [-0.3, -0.25) is 0 Å². The molecule has 0 fully saturated rings. The molecule has 0 aromatic heterocycles. The summed E-state index contributed by atoms with van der Waals surface area (Å²) < 4.78 is 0. The Hall–Kier alpha value is -1.60. The number of hydrogen-bond donors (Lipinski definition) is 1. The Labute approximate surface area is 70.4 Å². The van der Waals surface area contributed by atoms with Crippen LogP contribution >= 0.6 is 0 Å². The van der Waals surface area contributed by atoms with E-state index in [4.69, 9.17) is 0 Å². The third-order valence-electron chi connectivity index (χ3n) is 1.55. The molecule has 0 atom stereocenters. The molecule has 62 valence electrons. The minimum atomic E-state index is 0.175. The highest BCUT2D eigenvalue weighted by molar-refractivity contribution is 5.38. The van der Waals surface area contributed by atoms with E-state index < -0.39 is 0 Å². The number of aliphatic imine (C=N–C) groups is 1. The van der Waals surface area contributed by atoms with Crippen LogP contribution in [0.5, 0.6) is 5.75 Å². The van der Waals surface area contributed by atoms with Crippen molar-refractivity contribution in [1.82, 2.24) is 0 Å². The van der Waals surface area contributed by atoms with Crippen molar-refractivity contribution in [2.24, 2.45) is 4.99 Å². The zero-order valence-electron chi connectivity index (χ0n) is 6.74. The van der Waals surface area contributed by atoms with Crippen LogP contribution in [-0.4, -0.2) is 11.2 Å². The summed E-state index contributed by atoms with van der Waals surface area (Å²) in [6.07, 6.45) is 1.42. The number of benzene rings is 1. The summed E-state index contributed by atoms with van der Waals surface area (Å²) in [7, 11) is 0. The molecule has 1 rings (SSSR count). The van der Waals surface area contributed by atoms with Crippen LogP contribution in [0.4, 0.5) is 0 Å². The Morgan fingerprint density at radius 3 is 2.92 bits per heavy atom. The smallest absolute Gasteiger partial charge is 0.235 e. The Morgan fingerprint density at radius 1 is 1.58 bits per heavy atom. The second-order valence-electron chi connectivity index (χ2n) is 2.54. The Morgan fingerprint density at radius 2 is 2.33 bits per heavy atom. The van der Waals surface area contributed by atoms with E-state index in [1.807, 2.05) is 13.0 Å². The highest BCUT2D eigenvalue weighted by Gasteiger charge is 1.98. The standard InChI is InChI=1S/C9H9NO2/c1-7-2-3-8(5-10-6-11)9(12)4-7/h2-4,12H,5H2,1H3. The van der Waals surface area contributed by atoms with Crippen LogP contribution in [0.15, 0.2) is 23.2 Å². The van der Waals surface area contributed by atoms with E-state index in [1.54, 1.807) is 12.1 Å². The molecule has 3 heteroatoms. The highest BCUT2D eigenvalue weighted by Crippen LogP contribution is 2.18. The third kappa shape index (κ3) is 1.94. The molecule has 12 heavy (non-hydrogen) atoms. The average molecular weight is 163 g/mol. The van der Waals surface area contributed by atoms with Crippen LogP contribution in [0, 0.1) is 6.92 Å². The Bertz CT molecular complexity index is 327. The molecule has 0 aliphatic heterocycles. The first kappa shape index (κ1) is 8.50. The number of hydrogen-bond acceptors (Lipinski definition) is 3. The van der Waals surface area contributed by atoms with E-state index in [1.165, 1.54) is 6.08 Å². The Kier molecular flexibility index (Phi) is 2.62. The van der Waals surface area contributed by atoms with Crippen LogP contribution in [0.1, 0.15) is 11.1 Å². The number of rotatable bonds is 2. The van der Waals surface area contributed by atoms with Gasteiger partial charge in [-0.25, -0.2) is 9.79 Å². The van der Waals surface area contributed by atoms with Gasteiger partial charge in [0.1, 0.15) is 5.75 Å². The fraction of sp³-hybridized carbons (Fsp3) is 0.222. The van der Waals surface area contributed by atoms with Gasteiger partial charge in [0.2, 0.25) is 6.08 Å². The lowest BCUT2D eigenvalue weighted by Gasteiger charge is -2.00. The van der Waals surface area contributed by atoms with Crippen molar-refractivity contribution in [3.05, 3.63) is 29.3 Å². The van der Waals surface area contributed by atoms with Crippen LogP contribution in [0.25, 0.3) is 0 Å². The monoisotopic (exact) mass is 163 g/mol. The van der Waals surface area contributed by atoms with Gasteiger partial charge in [0.15, 0.2) is 0 Å². The number of carbonyl (C=O) groups excluding carboxylic acids is 1. The molecule has 0 heterocycles. The first-order valence-corrected chi connectivity index (χ1v) is 3.56. The lowest BCUT2D eigenvalue weighted by Crippen LogP contribution is -1.83. The summed E-state index contributed by atoms with van der Waals surface area (Å²) >= 11 is 0. The van der Waals surface area contributed by atoms with Crippen molar-refractivity contribution in [3.8, 4) is 5.75 Å². The molecular weight excluding hydrogens is 154 g/mol. The first-order chi connectivity index (χ1) is 5.74. The van der Waals surface area contributed by atoms with E-state index in [9.17, 15) is 9.90 Å². The van der Waals surface area contributed by atoms with E-state index in [2.05, 4.69) is 4.99 Å². The van der Waals surface area contributed by atoms with Crippen LogP contribution in [0.3, 0.4) is 0 Å². The van der Waals surface area contributed by atoms with E-state index in [0.717, 1.165) is 5.56 Å². The van der Waals surface area contributed by atoms with Crippen molar-refractivity contribution in [1.29, 1.82) is 0 Å². The number of aromatic hydroxyl groups is 1. The van der Waals surface area contributed by atoms with Crippen LogP contribution < -0.4 is 0 Å². The maximum Gasteiger partial charge on any atom is 0.235 e. The molecule has 1 aromatic rings. The number of nitrogens with zero attached hydrogens (tertiary/aromatic N) is 1. The third-order valence-corrected chi connectivity index (χ3v) is 1.55. The molecule has 3 nitrogen and oxygen atoms in total. The number of aryl methyl sites for hydroxylation is 1. The summed E-state index contributed by atoms with van der Waals surface area (Å²) in [5, 5.41) is 9.33.